The van der Waals surface area contributed by atoms with Gasteiger partial charge >= 0.3 is 0 Å². The van der Waals surface area contributed by atoms with Gasteiger partial charge in [0.15, 0.2) is 0 Å². The van der Waals surface area contributed by atoms with Gasteiger partial charge in [0.2, 0.25) is 0 Å². The average Bonchev–Trinajstić information content (AvgIpc) is 2.69. The number of amides is 1. The summed E-state index contributed by atoms with van der Waals surface area (Å²) in [6, 6.07) is 15.9. The minimum absolute atomic E-state index is 0.0981. The van der Waals surface area contributed by atoms with Crippen molar-refractivity contribution < 1.29 is 17.6 Å². The molecule has 0 aromatic heterocycles. The van der Waals surface area contributed by atoms with Crippen LogP contribution in [0.2, 0.25) is 5.02 Å². The number of sulfonamides is 1. The maximum Gasteiger partial charge on any atom is 0.261 e. The number of nitrogens with zero attached hydrogens (tertiary/aromatic N) is 1. The molecule has 0 fully saturated rings. The standard InChI is InChI=1S/C21H19ClFN3O3S/c1-26(2)20-16(22)6-5-9-19(20)24-21(27)14-10-12-15(13-11-14)30(28,29)25-18-8-4-3-7-17(18)23/h3-13,25H,1-2H3,(H,24,27). The van der Waals surface area contributed by atoms with E-state index < -0.39 is 21.7 Å². The van der Waals surface area contributed by atoms with Crippen molar-refractivity contribution in [2.75, 3.05) is 29.0 Å². The third kappa shape index (κ3) is 4.72. The molecule has 1 amide bonds. The highest BCUT2D eigenvalue weighted by atomic mass is 35.5. The van der Waals surface area contributed by atoms with Crippen LogP contribution in [0.4, 0.5) is 21.5 Å². The highest BCUT2D eigenvalue weighted by molar-refractivity contribution is 7.92. The number of rotatable bonds is 6. The van der Waals surface area contributed by atoms with Crippen molar-refractivity contribution in [2.24, 2.45) is 0 Å². The topological polar surface area (TPSA) is 78.5 Å². The Labute approximate surface area is 179 Å². The molecule has 9 heteroatoms. The van der Waals surface area contributed by atoms with Gasteiger partial charge in [-0.05, 0) is 48.5 Å². The van der Waals surface area contributed by atoms with Crippen molar-refractivity contribution >= 4 is 44.6 Å². The number of benzene rings is 3. The van der Waals surface area contributed by atoms with Gasteiger partial charge in [-0.25, -0.2) is 12.8 Å². The number of hydrogen-bond acceptors (Lipinski definition) is 4. The average molecular weight is 448 g/mol. The molecule has 0 aliphatic carbocycles. The maximum absolute atomic E-state index is 13.7. The molecule has 0 unspecified atom stereocenters. The molecule has 6 nitrogen and oxygen atoms in total. The summed E-state index contributed by atoms with van der Waals surface area (Å²) in [5.41, 5.74) is 1.28. The summed E-state index contributed by atoms with van der Waals surface area (Å²) in [6.45, 7) is 0. The number of carbonyl (C=O) groups is 1. The summed E-state index contributed by atoms with van der Waals surface area (Å²) < 4.78 is 40.9. The van der Waals surface area contributed by atoms with E-state index in [1.165, 1.54) is 42.5 Å². The summed E-state index contributed by atoms with van der Waals surface area (Å²) >= 11 is 6.21. The quantitative estimate of drug-likeness (QED) is 0.579. The Morgan fingerprint density at radius 1 is 0.933 bits per heavy atom. The molecule has 0 saturated carbocycles. The Kier molecular flexibility index (Phi) is 6.28. The van der Waals surface area contributed by atoms with Crippen LogP contribution in [0.5, 0.6) is 0 Å². The van der Waals surface area contributed by atoms with E-state index in [-0.39, 0.29) is 16.1 Å². The largest absolute Gasteiger partial charge is 0.375 e. The summed E-state index contributed by atoms with van der Waals surface area (Å²) in [6.07, 6.45) is 0. The highest BCUT2D eigenvalue weighted by Gasteiger charge is 2.18. The van der Waals surface area contributed by atoms with Gasteiger partial charge in [0.1, 0.15) is 5.82 Å². The van der Waals surface area contributed by atoms with Crippen molar-refractivity contribution in [1.29, 1.82) is 0 Å². The van der Waals surface area contributed by atoms with E-state index in [0.717, 1.165) is 6.07 Å². The molecule has 3 aromatic rings. The lowest BCUT2D eigenvalue weighted by atomic mass is 10.2. The first-order valence-electron chi connectivity index (χ1n) is 8.83. The van der Waals surface area contributed by atoms with Gasteiger partial charge in [0.25, 0.3) is 15.9 Å². The summed E-state index contributed by atoms with van der Waals surface area (Å²) in [7, 11) is -0.397. The van der Waals surface area contributed by atoms with E-state index in [9.17, 15) is 17.6 Å². The van der Waals surface area contributed by atoms with E-state index in [0.29, 0.717) is 16.4 Å². The number of halogens is 2. The van der Waals surface area contributed by atoms with E-state index in [1.54, 1.807) is 37.2 Å². The van der Waals surface area contributed by atoms with Crippen molar-refractivity contribution in [3.8, 4) is 0 Å². The van der Waals surface area contributed by atoms with Crippen molar-refractivity contribution in [3.05, 3.63) is 83.1 Å². The number of hydrogen-bond donors (Lipinski definition) is 2. The first kappa shape index (κ1) is 21.6. The highest BCUT2D eigenvalue weighted by Crippen LogP contribution is 2.32. The van der Waals surface area contributed by atoms with Gasteiger partial charge in [-0.3, -0.25) is 9.52 Å². The Hall–Kier alpha value is -3.10. The van der Waals surface area contributed by atoms with E-state index in [2.05, 4.69) is 10.0 Å². The summed E-state index contributed by atoms with van der Waals surface area (Å²) in [5, 5.41) is 3.26. The summed E-state index contributed by atoms with van der Waals surface area (Å²) in [4.78, 5) is 14.3. The number of carbonyl (C=O) groups excluding carboxylic acids is 1. The molecule has 0 radical (unpaired) electrons. The van der Waals surface area contributed by atoms with Gasteiger partial charge in [-0.2, -0.15) is 0 Å². The molecule has 3 aromatic carbocycles. The first-order chi connectivity index (χ1) is 14.2. The molecule has 0 bridgehead atoms. The molecule has 0 saturated heterocycles. The van der Waals surface area contributed by atoms with Crippen LogP contribution >= 0.6 is 11.6 Å². The SMILES string of the molecule is CN(C)c1c(Cl)cccc1NC(=O)c1ccc(S(=O)(=O)Nc2ccccc2F)cc1. The zero-order valence-electron chi connectivity index (χ0n) is 16.2. The Balaban J connectivity index is 1.80. The fourth-order valence-electron chi connectivity index (χ4n) is 2.80. The molecule has 0 heterocycles. The molecule has 2 N–H and O–H groups in total. The van der Waals surface area contributed by atoms with Gasteiger partial charge in [0.05, 0.1) is 27.0 Å². The number of nitrogens with one attached hydrogen (secondary N) is 2. The van der Waals surface area contributed by atoms with Crippen LogP contribution in [-0.2, 0) is 10.0 Å². The molecule has 0 spiro atoms. The maximum atomic E-state index is 13.7. The minimum atomic E-state index is -4.01. The van der Waals surface area contributed by atoms with Crippen LogP contribution in [0.25, 0.3) is 0 Å². The van der Waals surface area contributed by atoms with Crippen molar-refractivity contribution in [2.45, 2.75) is 4.90 Å². The fraction of sp³-hybridized carbons (Fsp3) is 0.0952. The van der Waals surface area contributed by atoms with Crippen molar-refractivity contribution in [1.82, 2.24) is 0 Å². The van der Waals surface area contributed by atoms with E-state index >= 15 is 0 Å². The molecule has 0 aliphatic heterocycles. The molecule has 0 aliphatic rings. The smallest absolute Gasteiger partial charge is 0.261 e. The van der Waals surface area contributed by atoms with E-state index in [4.69, 9.17) is 11.6 Å². The van der Waals surface area contributed by atoms with E-state index in [1.807, 2.05) is 0 Å². The second-order valence-corrected chi connectivity index (χ2v) is 8.68. The lowest BCUT2D eigenvalue weighted by Crippen LogP contribution is -2.17. The molecule has 3 rings (SSSR count). The number of anilines is 3. The van der Waals surface area contributed by atoms with Crippen LogP contribution < -0.4 is 14.9 Å². The molecule has 0 atom stereocenters. The third-order valence-corrected chi connectivity index (χ3v) is 5.91. The zero-order chi connectivity index (χ0) is 21.9. The predicted octanol–water partition coefficient (Wildman–Crippen LogP) is 4.60. The second kappa shape index (κ2) is 8.73. The van der Waals surface area contributed by atoms with Gasteiger partial charge < -0.3 is 10.2 Å². The fourth-order valence-corrected chi connectivity index (χ4v) is 4.21. The summed E-state index contributed by atoms with van der Waals surface area (Å²) in [5.74, 6) is -1.11. The molecule has 156 valence electrons. The lowest BCUT2D eigenvalue weighted by molar-refractivity contribution is 0.102. The van der Waals surface area contributed by atoms with Crippen LogP contribution in [0.3, 0.4) is 0 Å². The first-order valence-corrected chi connectivity index (χ1v) is 10.7. The van der Waals surface area contributed by atoms with Crippen molar-refractivity contribution in [3.63, 3.8) is 0 Å². The lowest BCUT2D eigenvalue weighted by Gasteiger charge is -2.19. The van der Waals surface area contributed by atoms with Gasteiger partial charge in [-0.15, -0.1) is 0 Å². The number of para-hydroxylation sites is 2. The Bertz CT molecular complexity index is 1180. The monoisotopic (exact) mass is 447 g/mol. The normalized spacial score (nSPS) is 11.1. The molecular formula is C21H19ClFN3O3S. The zero-order valence-corrected chi connectivity index (χ0v) is 17.8. The van der Waals surface area contributed by atoms with Crippen LogP contribution in [0.1, 0.15) is 10.4 Å². The Morgan fingerprint density at radius 3 is 2.20 bits per heavy atom. The Morgan fingerprint density at radius 2 is 1.57 bits per heavy atom. The van der Waals surface area contributed by atoms with Crippen LogP contribution in [0.15, 0.2) is 71.6 Å². The second-order valence-electron chi connectivity index (χ2n) is 6.59. The van der Waals surface area contributed by atoms with Crippen LogP contribution in [-0.4, -0.2) is 28.4 Å². The van der Waals surface area contributed by atoms with Crippen LogP contribution in [0, 0.1) is 5.82 Å². The van der Waals surface area contributed by atoms with Gasteiger partial charge in [-0.1, -0.05) is 29.8 Å². The predicted molar refractivity (Wildman–Crippen MR) is 117 cm³/mol. The van der Waals surface area contributed by atoms with Gasteiger partial charge in [0, 0.05) is 19.7 Å². The minimum Gasteiger partial charge on any atom is -0.375 e. The molecular weight excluding hydrogens is 429 g/mol. The third-order valence-electron chi connectivity index (χ3n) is 4.23. The molecule has 30 heavy (non-hydrogen) atoms.